The molecule has 1 saturated heterocycles. The second kappa shape index (κ2) is 7.92. The third-order valence-corrected chi connectivity index (χ3v) is 3.69. The van der Waals surface area contributed by atoms with E-state index in [1.54, 1.807) is 6.92 Å². The highest BCUT2D eigenvalue weighted by atomic mass is 16.6. The van der Waals surface area contributed by atoms with Gasteiger partial charge in [0.15, 0.2) is 6.10 Å². The van der Waals surface area contributed by atoms with E-state index in [2.05, 4.69) is 33.0 Å². The predicted molar refractivity (Wildman–Crippen MR) is 82.6 cm³/mol. The van der Waals surface area contributed by atoms with Crippen LogP contribution in [0.1, 0.15) is 47.5 Å². The Kier molecular flexibility index (Phi) is 6.81. The number of hydrogen-bond donors (Lipinski definition) is 2. The summed E-state index contributed by atoms with van der Waals surface area (Å²) in [7, 11) is 0. The number of rotatable bonds is 10. The number of hydrogen-bond acceptors (Lipinski definition) is 4. The SMILES string of the molecule is CC[C@]1(C(=O)O)O[C@@H]1C(=O)N[C@H](COCC(C)C)CC(C)C. The highest BCUT2D eigenvalue weighted by Gasteiger charge is 2.65. The molecule has 1 heterocycles. The Balaban J connectivity index is 2.54. The van der Waals surface area contributed by atoms with E-state index in [4.69, 9.17) is 9.47 Å². The van der Waals surface area contributed by atoms with E-state index < -0.39 is 17.7 Å². The van der Waals surface area contributed by atoms with Crippen molar-refractivity contribution < 1.29 is 24.2 Å². The maximum Gasteiger partial charge on any atom is 0.339 e. The van der Waals surface area contributed by atoms with Gasteiger partial charge < -0.3 is 19.9 Å². The van der Waals surface area contributed by atoms with Crippen molar-refractivity contribution in [1.29, 1.82) is 0 Å². The molecular weight excluding hydrogens is 286 g/mol. The van der Waals surface area contributed by atoms with Crippen molar-refractivity contribution in [2.75, 3.05) is 13.2 Å². The zero-order valence-electron chi connectivity index (χ0n) is 14.2. The van der Waals surface area contributed by atoms with Gasteiger partial charge in [-0.25, -0.2) is 4.79 Å². The van der Waals surface area contributed by atoms with Crippen molar-refractivity contribution in [2.45, 2.75) is 65.2 Å². The van der Waals surface area contributed by atoms with Crippen LogP contribution >= 0.6 is 0 Å². The fourth-order valence-electron chi connectivity index (χ4n) is 2.48. The second-order valence-electron chi connectivity index (χ2n) is 6.81. The molecule has 22 heavy (non-hydrogen) atoms. The number of carbonyl (C=O) groups excluding carboxylic acids is 1. The number of nitrogens with one attached hydrogen (secondary N) is 1. The average Bonchev–Trinajstić information content (AvgIpc) is 3.13. The molecule has 0 aromatic heterocycles. The Morgan fingerprint density at radius 1 is 1.23 bits per heavy atom. The lowest BCUT2D eigenvalue weighted by Crippen LogP contribution is -2.44. The van der Waals surface area contributed by atoms with Gasteiger partial charge in [-0.1, -0.05) is 34.6 Å². The Bertz CT molecular complexity index is 396. The minimum absolute atomic E-state index is 0.126. The first-order valence-electron chi connectivity index (χ1n) is 8.02. The predicted octanol–water partition coefficient (Wildman–Crippen LogP) is 1.82. The van der Waals surface area contributed by atoms with Gasteiger partial charge in [0.25, 0.3) is 5.91 Å². The van der Waals surface area contributed by atoms with Crippen molar-refractivity contribution in [3.05, 3.63) is 0 Å². The molecule has 0 aliphatic carbocycles. The Morgan fingerprint density at radius 2 is 1.86 bits per heavy atom. The molecule has 1 aliphatic heterocycles. The maximum absolute atomic E-state index is 12.2. The highest BCUT2D eigenvalue weighted by molar-refractivity contribution is 5.95. The molecule has 0 spiro atoms. The third kappa shape index (κ3) is 4.95. The fourth-order valence-corrected chi connectivity index (χ4v) is 2.48. The molecule has 0 aromatic carbocycles. The van der Waals surface area contributed by atoms with Gasteiger partial charge in [-0.05, 0) is 24.7 Å². The quantitative estimate of drug-likeness (QED) is 0.600. The summed E-state index contributed by atoms with van der Waals surface area (Å²) in [6.45, 7) is 11.1. The first kappa shape index (κ1) is 18.9. The summed E-state index contributed by atoms with van der Waals surface area (Å²) in [6.07, 6.45) is 0.164. The van der Waals surface area contributed by atoms with E-state index in [9.17, 15) is 14.7 Å². The topological polar surface area (TPSA) is 88.2 Å². The van der Waals surface area contributed by atoms with Gasteiger partial charge in [0.05, 0.1) is 12.6 Å². The summed E-state index contributed by atoms with van der Waals surface area (Å²) in [5.74, 6) is -0.597. The minimum atomic E-state index is -1.34. The first-order chi connectivity index (χ1) is 10.2. The Hall–Kier alpha value is -1.14. The minimum Gasteiger partial charge on any atom is -0.479 e. The molecule has 0 unspecified atom stereocenters. The van der Waals surface area contributed by atoms with Crippen LogP contribution in [0.2, 0.25) is 0 Å². The monoisotopic (exact) mass is 315 g/mol. The van der Waals surface area contributed by atoms with Crippen LogP contribution < -0.4 is 5.32 Å². The van der Waals surface area contributed by atoms with E-state index >= 15 is 0 Å². The zero-order valence-corrected chi connectivity index (χ0v) is 14.2. The molecule has 6 nitrogen and oxygen atoms in total. The smallest absolute Gasteiger partial charge is 0.339 e. The molecule has 0 aromatic rings. The molecule has 1 amide bonds. The lowest BCUT2D eigenvalue weighted by molar-refractivity contribution is -0.143. The van der Waals surface area contributed by atoms with Crippen molar-refractivity contribution in [2.24, 2.45) is 11.8 Å². The number of carbonyl (C=O) groups is 2. The van der Waals surface area contributed by atoms with Crippen molar-refractivity contribution >= 4 is 11.9 Å². The van der Waals surface area contributed by atoms with Gasteiger partial charge in [-0.3, -0.25) is 4.79 Å². The summed E-state index contributed by atoms with van der Waals surface area (Å²) in [5, 5.41) is 12.1. The Morgan fingerprint density at radius 3 is 2.27 bits per heavy atom. The van der Waals surface area contributed by atoms with Gasteiger partial charge in [-0.15, -0.1) is 0 Å². The van der Waals surface area contributed by atoms with E-state index in [0.717, 1.165) is 6.42 Å². The molecule has 1 rings (SSSR count). The molecule has 128 valence electrons. The molecule has 0 saturated carbocycles. The van der Waals surface area contributed by atoms with Crippen molar-refractivity contribution in [3.8, 4) is 0 Å². The van der Waals surface area contributed by atoms with Gasteiger partial charge in [0.2, 0.25) is 5.60 Å². The molecule has 6 heteroatoms. The van der Waals surface area contributed by atoms with Crippen LogP contribution in [-0.4, -0.2) is 47.9 Å². The summed E-state index contributed by atoms with van der Waals surface area (Å²) in [5.41, 5.74) is -1.34. The van der Waals surface area contributed by atoms with Gasteiger partial charge in [0.1, 0.15) is 0 Å². The van der Waals surface area contributed by atoms with Crippen LogP contribution in [-0.2, 0) is 19.1 Å². The van der Waals surface area contributed by atoms with Crippen molar-refractivity contribution in [1.82, 2.24) is 5.32 Å². The summed E-state index contributed by atoms with van der Waals surface area (Å²) in [6, 6.07) is -0.126. The summed E-state index contributed by atoms with van der Waals surface area (Å²) in [4.78, 5) is 23.4. The number of ether oxygens (including phenoxy) is 2. The third-order valence-electron chi connectivity index (χ3n) is 3.69. The van der Waals surface area contributed by atoms with Crippen LogP contribution in [0.4, 0.5) is 0 Å². The molecule has 0 radical (unpaired) electrons. The van der Waals surface area contributed by atoms with E-state index in [1.807, 2.05) is 0 Å². The number of amides is 1. The average molecular weight is 315 g/mol. The number of aliphatic carboxylic acids is 1. The van der Waals surface area contributed by atoms with Crippen LogP contribution in [0.5, 0.6) is 0 Å². The van der Waals surface area contributed by atoms with Crippen LogP contribution in [0.3, 0.4) is 0 Å². The van der Waals surface area contributed by atoms with Gasteiger partial charge >= 0.3 is 5.97 Å². The van der Waals surface area contributed by atoms with Gasteiger partial charge in [-0.2, -0.15) is 0 Å². The number of carboxylic acid groups (broad SMARTS) is 1. The molecule has 0 bridgehead atoms. The summed E-state index contributed by atoms with van der Waals surface area (Å²) >= 11 is 0. The van der Waals surface area contributed by atoms with Crippen LogP contribution in [0.25, 0.3) is 0 Å². The van der Waals surface area contributed by atoms with E-state index in [-0.39, 0.29) is 18.4 Å². The summed E-state index contributed by atoms with van der Waals surface area (Å²) < 4.78 is 10.8. The first-order valence-corrected chi connectivity index (χ1v) is 8.02. The van der Waals surface area contributed by atoms with E-state index in [1.165, 1.54) is 0 Å². The largest absolute Gasteiger partial charge is 0.479 e. The van der Waals surface area contributed by atoms with Gasteiger partial charge in [0, 0.05) is 6.61 Å². The Labute approximate surface area is 132 Å². The molecule has 2 N–H and O–H groups in total. The standard InChI is InChI=1S/C16H29NO5/c1-6-16(15(19)20)13(22-16)14(18)17-12(7-10(2)3)9-21-8-11(4)5/h10-13H,6-9H2,1-5H3,(H,17,18)(H,19,20)/t12-,13+,16-/m0/s1. The van der Waals surface area contributed by atoms with Crippen LogP contribution in [0, 0.1) is 11.8 Å². The van der Waals surface area contributed by atoms with Crippen LogP contribution in [0.15, 0.2) is 0 Å². The molecule has 1 aliphatic rings. The number of carboxylic acids is 1. The normalized spacial score (nSPS) is 25.3. The lowest BCUT2D eigenvalue weighted by atomic mass is 10.0. The zero-order chi connectivity index (χ0) is 16.9. The maximum atomic E-state index is 12.2. The molecule has 1 fully saturated rings. The second-order valence-corrected chi connectivity index (χ2v) is 6.81. The lowest BCUT2D eigenvalue weighted by Gasteiger charge is -2.21. The molecular formula is C16H29NO5. The van der Waals surface area contributed by atoms with E-state index in [0.29, 0.717) is 25.0 Å². The molecule has 3 atom stereocenters. The fraction of sp³-hybridized carbons (Fsp3) is 0.875. The van der Waals surface area contributed by atoms with Crippen molar-refractivity contribution in [3.63, 3.8) is 0 Å². The number of epoxide rings is 1. The highest BCUT2D eigenvalue weighted by Crippen LogP contribution is 2.40.